The van der Waals surface area contributed by atoms with Crippen LogP contribution in [0.2, 0.25) is 5.02 Å². The first kappa shape index (κ1) is 15.4. The van der Waals surface area contributed by atoms with Crippen molar-refractivity contribution < 1.29 is 14.3 Å². The van der Waals surface area contributed by atoms with E-state index in [1.54, 1.807) is 25.1 Å². The van der Waals surface area contributed by atoms with Crippen LogP contribution in [0.5, 0.6) is 11.5 Å². The third-order valence-electron chi connectivity index (χ3n) is 2.26. The lowest BCUT2D eigenvalue weighted by Crippen LogP contribution is -2.10. The molecule has 1 aromatic carbocycles. The molecule has 0 aromatic heterocycles. The van der Waals surface area contributed by atoms with Crippen molar-refractivity contribution in [1.29, 1.82) is 0 Å². The van der Waals surface area contributed by atoms with Crippen molar-refractivity contribution >= 4 is 23.2 Å². The van der Waals surface area contributed by atoms with Gasteiger partial charge in [0.15, 0.2) is 11.5 Å². The SMILES string of the molecule is C=CCOc1c(Cl)cc(NC(=O)CC)cc1OCC. The molecule has 0 unspecified atom stereocenters. The van der Waals surface area contributed by atoms with Crippen LogP contribution in [0.1, 0.15) is 20.3 Å². The Balaban J connectivity index is 3.05. The number of amides is 1. The fourth-order valence-electron chi connectivity index (χ4n) is 1.43. The van der Waals surface area contributed by atoms with Gasteiger partial charge < -0.3 is 14.8 Å². The van der Waals surface area contributed by atoms with Crippen molar-refractivity contribution in [2.24, 2.45) is 0 Å². The maximum Gasteiger partial charge on any atom is 0.224 e. The summed E-state index contributed by atoms with van der Waals surface area (Å²) in [4.78, 5) is 11.4. The van der Waals surface area contributed by atoms with E-state index in [2.05, 4.69) is 11.9 Å². The van der Waals surface area contributed by atoms with Crippen molar-refractivity contribution in [2.75, 3.05) is 18.5 Å². The van der Waals surface area contributed by atoms with Crippen LogP contribution in [-0.2, 0) is 4.79 Å². The molecule has 1 aromatic rings. The van der Waals surface area contributed by atoms with E-state index in [4.69, 9.17) is 21.1 Å². The van der Waals surface area contributed by atoms with E-state index in [9.17, 15) is 4.79 Å². The van der Waals surface area contributed by atoms with Gasteiger partial charge in [0, 0.05) is 18.2 Å². The zero-order valence-corrected chi connectivity index (χ0v) is 11.9. The average Bonchev–Trinajstić information content (AvgIpc) is 2.38. The van der Waals surface area contributed by atoms with Crippen LogP contribution in [0.25, 0.3) is 0 Å². The van der Waals surface area contributed by atoms with E-state index < -0.39 is 0 Å². The van der Waals surface area contributed by atoms with Gasteiger partial charge in [0.25, 0.3) is 0 Å². The third kappa shape index (κ3) is 4.48. The van der Waals surface area contributed by atoms with E-state index in [1.807, 2.05) is 6.92 Å². The zero-order chi connectivity index (χ0) is 14.3. The smallest absolute Gasteiger partial charge is 0.224 e. The summed E-state index contributed by atoms with van der Waals surface area (Å²) < 4.78 is 10.9. The van der Waals surface area contributed by atoms with Gasteiger partial charge in [0.2, 0.25) is 5.91 Å². The molecule has 1 amide bonds. The van der Waals surface area contributed by atoms with Gasteiger partial charge in [-0.1, -0.05) is 31.2 Å². The molecule has 0 radical (unpaired) electrons. The number of rotatable bonds is 7. The van der Waals surface area contributed by atoms with E-state index in [0.29, 0.717) is 41.8 Å². The fourth-order valence-corrected chi connectivity index (χ4v) is 1.70. The number of carbonyl (C=O) groups is 1. The molecular formula is C14H18ClNO3. The van der Waals surface area contributed by atoms with Gasteiger partial charge >= 0.3 is 0 Å². The molecule has 0 aliphatic heterocycles. The molecule has 0 aliphatic rings. The normalized spacial score (nSPS) is 9.84. The van der Waals surface area contributed by atoms with Gasteiger partial charge in [0.1, 0.15) is 6.61 Å². The standard InChI is InChI=1S/C14H18ClNO3/c1-4-7-19-14-11(15)8-10(16-13(17)5-2)9-12(14)18-6-3/h4,8-9H,1,5-7H2,2-3H3,(H,16,17). The van der Waals surface area contributed by atoms with E-state index >= 15 is 0 Å². The summed E-state index contributed by atoms with van der Waals surface area (Å²) in [6.07, 6.45) is 2.02. The van der Waals surface area contributed by atoms with Gasteiger partial charge in [-0.05, 0) is 13.0 Å². The lowest BCUT2D eigenvalue weighted by molar-refractivity contribution is -0.115. The molecule has 0 bridgehead atoms. The lowest BCUT2D eigenvalue weighted by atomic mass is 10.2. The minimum atomic E-state index is -0.0849. The maximum atomic E-state index is 11.4. The predicted octanol–water partition coefficient (Wildman–Crippen LogP) is 3.65. The van der Waals surface area contributed by atoms with Crippen molar-refractivity contribution in [3.63, 3.8) is 0 Å². The first-order valence-corrected chi connectivity index (χ1v) is 6.50. The molecule has 4 nitrogen and oxygen atoms in total. The monoisotopic (exact) mass is 283 g/mol. The number of halogens is 1. The van der Waals surface area contributed by atoms with Gasteiger partial charge in [-0.3, -0.25) is 4.79 Å². The van der Waals surface area contributed by atoms with Gasteiger partial charge in [-0.25, -0.2) is 0 Å². The summed E-state index contributed by atoms with van der Waals surface area (Å²) in [5, 5.41) is 3.12. The van der Waals surface area contributed by atoms with Crippen LogP contribution >= 0.6 is 11.6 Å². The summed E-state index contributed by atoms with van der Waals surface area (Å²) >= 11 is 6.14. The highest BCUT2D eigenvalue weighted by molar-refractivity contribution is 6.32. The highest BCUT2D eigenvalue weighted by Gasteiger charge is 2.13. The molecule has 1 rings (SSSR count). The zero-order valence-electron chi connectivity index (χ0n) is 11.2. The Kier molecular flexibility index (Phi) is 6.22. The Morgan fingerprint density at radius 1 is 1.42 bits per heavy atom. The van der Waals surface area contributed by atoms with Crippen molar-refractivity contribution in [2.45, 2.75) is 20.3 Å². The topological polar surface area (TPSA) is 47.6 Å². The Bertz CT molecular complexity index is 460. The Morgan fingerprint density at radius 2 is 2.16 bits per heavy atom. The second-order valence-electron chi connectivity index (χ2n) is 3.72. The number of hydrogen-bond acceptors (Lipinski definition) is 3. The summed E-state index contributed by atoms with van der Waals surface area (Å²) in [7, 11) is 0. The summed E-state index contributed by atoms with van der Waals surface area (Å²) in [6.45, 7) is 8.04. The van der Waals surface area contributed by atoms with Crippen molar-refractivity contribution in [3.8, 4) is 11.5 Å². The van der Waals surface area contributed by atoms with Crippen LogP contribution in [0.3, 0.4) is 0 Å². The summed E-state index contributed by atoms with van der Waals surface area (Å²) in [5.74, 6) is 0.874. The van der Waals surface area contributed by atoms with Gasteiger partial charge in [-0.15, -0.1) is 0 Å². The molecule has 1 N–H and O–H groups in total. The summed E-state index contributed by atoms with van der Waals surface area (Å²) in [5.41, 5.74) is 0.589. The molecule has 0 saturated heterocycles. The molecule has 0 heterocycles. The minimum absolute atomic E-state index is 0.0849. The fraction of sp³-hybridized carbons (Fsp3) is 0.357. The molecule has 0 spiro atoms. The number of ether oxygens (including phenoxy) is 2. The van der Waals surface area contributed by atoms with E-state index in [0.717, 1.165) is 0 Å². The first-order valence-electron chi connectivity index (χ1n) is 6.12. The molecule has 0 saturated carbocycles. The molecular weight excluding hydrogens is 266 g/mol. The highest BCUT2D eigenvalue weighted by Crippen LogP contribution is 2.38. The van der Waals surface area contributed by atoms with Crippen LogP contribution in [-0.4, -0.2) is 19.1 Å². The number of hydrogen-bond donors (Lipinski definition) is 1. The average molecular weight is 284 g/mol. The number of carbonyl (C=O) groups excluding carboxylic acids is 1. The second-order valence-corrected chi connectivity index (χ2v) is 4.13. The molecule has 104 valence electrons. The van der Waals surface area contributed by atoms with Crippen molar-refractivity contribution in [1.82, 2.24) is 0 Å². The maximum absolute atomic E-state index is 11.4. The highest BCUT2D eigenvalue weighted by atomic mass is 35.5. The molecule has 0 atom stereocenters. The van der Waals surface area contributed by atoms with Gasteiger partial charge in [-0.2, -0.15) is 0 Å². The summed E-state index contributed by atoms with van der Waals surface area (Å²) in [6, 6.07) is 3.33. The molecule has 0 fully saturated rings. The molecule has 5 heteroatoms. The first-order chi connectivity index (χ1) is 9.12. The van der Waals surface area contributed by atoms with Crippen LogP contribution in [0.15, 0.2) is 24.8 Å². The van der Waals surface area contributed by atoms with Crippen LogP contribution < -0.4 is 14.8 Å². The Hall–Kier alpha value is -1.68. The molecule has 19 heavy (non-hydrogen) atoms. The number of benzene rings is 1. The molecule has 0 aliphatic carbocycles. The minimum Gasteiger partial charge on any atom is -0.490 e. The van der Waals surface area contributed by atoms with Crippen molar-refractivity contribution in [3.05, 3.63) is 29.8 Å². The number of anilines is 1. The van der Waals surface area contributed by atoms with Crippen LogP contribution in [0.4, 0.5) is 5.69 Å². The predicted molar refractivity (Wildman–Crippen MR) is 77.2 cm³/mol. The number of nitrogens with one attached hydrogen (secondary N) is 1. The van der Waals surface area contributed by atoms with Crippen LogP contribution in [0, 0.1) is 0 Å². The third-order valence-corrected chi connectivity index (χ3v) is 2.54. The van der Waals surface area contributed by atoms with E-state index in [1.165, 1.54) is 0 Å². The lowest BCUT2D eigenvalue weighted by Gasteiger charge is -2.14. The Morgan fingerprint density at radius 3 is 2.74 bits per heavy atom. The largest absolute Gasteiger partial charge is 0.490 e. The second kappa shape index (κ2) is 7.69. The van der Waals surface area contributed by atoms with E-state index in [-0.39, 0.29) is 5.91 Å². The quantitative estimate of drug-likeness (QED) is 0.777. The Labute approximate surface area is 118 Å². The van der Waals surface area contributed by atoms with Gasteiger partial charge in [0.05, 0.1) is 11.6 Å².